The second-order valence-corrected chi connectivity index (χ2v) is 2.62. The molecule has 0 unspecified atom stereocenters. The molecule has 1 aromatic carbocycles. The van der Waals surface area contributed by atoms with Crippen molar-refractivity contribution >= 4 is 11.8 Å². The number of aliphatic carboxylic acids is 1. The average Bonchev–Trinajstić information content (AvgIpc) is 2.01. The number of rotatable bonds is 3. The van der Waals surface area contributed by atoms with Crippen molar-refractivity contribution in [2.75, 3.05) is 0 Å². The number of carboxylic acids is 1. The summed E-state index contributed by atoms with van der Waals surface area (Å²) in [5, 5.41) is 8.27. The largest absolute Gasteiger partial charge is 0.481 e. The van der Waals surface area contributed by atoms with Gasteiger partial charge in [0, 0.05) is 6.07 Å². The molecular weight excluding hydrogens is 194 g/mol. The van der Waals surface area contributed by atoms with Crippen molar-refractivity contribution < 1.29 is 23.5 Å². The molecule has 1 rings (SSSR count). The number of Topliss-reactive ketones (excluding diaryl/α,β-unsaturated/α-hetero) is 1. The van der Waals surface area contributed by atoms with Crippen LogP contribution in [0.3, 0.4) is 0 Å². The fraction of sp³-hybridized carbons (Fsp3) is 0.111. The van der Waals surface area contributed by atoms with Crippen molar-refractivity contribution in [2.24, 2.45) is 0 Å². The lowest BCUT2D eigenvalue weighted by Crippen LogP contribution is -2.09. The number of carbonyl (C=O) groups excluding carboxylic acids is 1. The van der Waals surface area contributed by atoms with Gasteiger partial charge in [0.2, 0.25) is 0 Å². The van der Waals surface area contributed by atoms with Gasteiger partial charge in [0.15, 0.2) is 5.78 Å². The lowest BCUT2D eigenvalue weighted by Gasteiger charge is -1.99. The molecule has 0 fully saturated rings. The summed E-state index contributed by atoms with van der Waals surface area (Å²) in [5.74, 6) is -4.08. The molecule has 74 valence electrons. The van der Waals surface area contributed by atoms with Crippen molar-refractivity contribution in [1.29, 1.82) is 0 Å². The van der Waals surface area contributed by atoms with Crippen molar-refractivity contribution in [3.8, 4) is 0 Å². The zero-order valence-corrected chi connectivity index (χ0v) is 6.96. The summed E-state index contributed by atoms with van der Waals surface area (Å²) >= 11 is 0. The molecule has 14 heavy (non-hydrogen) atoms. The van der Waals surface area contributed by atoms with Crippen LogP contribution >= 0.6 is 0 Å². The molecule has 0 amide bonds. The molecule has 1 N–H and O–H groups in total. The molecule has 1 aromatic rings. The smallest absolute Gasteiger partial charge is 0.311 e. The Bertz CT molecular complexity index is 388. The average molecular weight is 200 g/mol. The van der Waals surface area contributed by atoms with Crippen LogP contribution in [0.1, 0.15) is 16.8 Å². The van der Waals surface area contributed by atoms with Crippen molar-refractivity contribution in [3.05, 3.63) is 35.4 Å². The van der Waals surface area contributed by atoms with Gasteiger partial charge in [-0.3, -0.25) is 9.59 Å². The fourth-order valence-electron chi connectivity index (χ4n) is 0.948. The third-order valence-electron chi connectivity index (χ3n) is 1.54. The van der Waals surface area contributed by atoms with Gasteiger partial charge >= 0.3 is 5.97 Å². The summed E-state index contributed by atoms with van der Waals surface area (Å²) in [5.41, 5.74) is -0.409. The van der Waals surface area contributed by atoms with E-state index in [9.17, 15) is 18.4 Å². The van der Waals surface area contributed by atoms with E-state index in [0.29, 0.717) is 6.07 Å². The summed E-state index contributed by atoms with van der Waals surface area (Å²) in [6.07, 6.45) is -0.803. The third-order valence-corrected chi connectivity index (χ3v) is 1.54. The van der Waals surface area contributed by atoms with Crippen LogP contribution in [0.2, 0.25) is 0 Å². The molecular formula is C9H6F2O3. The van der Waals surface area contributed by atoms with Gasteiger partial charge in [0.25, 0.3) is 0 Å². The molecule has 0 saturated heterocycles. The van der Waals surface area contributed by atoms with E-state index in [0.717, 1.165) is 12.1 Å². The maximum absolute atomic E-state index is 12.9. The number of hydrogen-bond donors (Lipinski definition) is 1. The zero-order chi connectivity index (χ0) is 10.7. The van der Waals surface area contributed by atoms with E-state index in [1.165, 1.54) is 0 Å². The molecule has 0 aliphatic heterocycles. The van der Waals surface area contributed by atoms with Gasteiger partial charge in [-0.15, -0.1) is 0 Å². The molecule has 5 heteroatoms. The summed E-state index contributed by atoms with van der Waals surface area (Å²) in [6, 6.07) is 2.36. The molecule has 0 saturated carbocycles. The Morgan fingerprint density at radius 2 is 1.93 bits per heavy atom. The van der Waals surface area contributed by atoms with Crippen molar-refractivity contribution in [2.45, 2.75) is 6.42 Å². The summed E-state index contributed by atoms with van der Waals surface area (Å²) in [6.45, 7) is 0. The highest BCUT2D eigenvalue weighted by Crippen LogP contribution is 2.11. The highest BCUT2D eigenvalue weighted by Gasteiger charge is 2.15. The van der Waals surface area contributed by atoms with Gasteiger partial charge in [0.1, 0.15) is 18.1 Å². The van der Waals surface area contributed by atoms with Gasteiger partial charge in [-0.1, -0.05) is 0 Å². The van der Waals surface area contributed by atoms with E-state index in [-0.39, 0.29) is 0 Å². The first-order valence-corrected chi connectivity index (χ1v) is 3.70. The molecule has 0 bridgehead atoms. The second-order valence-electron chi connectivity index (χ2n) is 2.62. The Morgan fingerprint density at radius 3 is 2.43 bits per heavy atom. The minimum atomic E-state index is -1.35. The molecule has 0 radical (unpaired) electrons. The van der Waals surface area contributed by atoms with Crippen LogP contribution in [0, 0.1) is 11.6 Å². The first kappa shape index (κ1) is 10.3. The highest BCUT2D eigenvalue weighted by molar-refractivity contribution is 6.05. The van der Waals surface area contributed by atoms with E-state index < -0.39 is 35.4 Å². The van der Waals surface area contributed by atoms with Gasteiger partial charge < -0.3 is 5.11 Å². The first-order valence-electron chi connectivity index (χ1n) is 3.70. The normalized spacial score (nSPS) is 9.86. The number of ketones is 1. The molecule has 0 heterocycles. The molecule has 0 spiro atoms. The number of halogens is 2. The third kappa shape index (κ3) is 2.35. The predicted molar refractivity (Wildman–Crippen MR) is 42.9 cm³/mol. The standard InChI is InChI=1S/C9H6F2O3/c10-5-1-2-6(7(11)3-5)8(12)4-9(13)14/h1-3H,4H2,(H,13,14). The van der Waals surface area contributed by atoms with Crippen LogP contribution < -0.4 is 0 Å². The zero-order valence-electron chi connectivity index (χ0n) is 6.96. The van der Waals surface area contributed by atoms with E-state index in [4.69, 9.17) is 5.11 Å². The lowest BCUT2D eigenvalue weighted by molar-refractivity contribution is -0.135. The van der Waals surface area contributed by atoms with Crippen LogP contribution in [0.25, 0.3) is 0 Å². The Labute approximate surface area is 78.0 Å². The summed E-state index contributed by atoms with van der Waals surface area (Å²) < 4.78 is 25.3. The van der Waals surface area contributed by atoms with Crippen LogP contribution in [-0.2, 0) is 4.79 Å². The van der Waals surface area contributed by atoms with E-state index >= 15 is 0 Å². The van der Waals surface area contributed by atoms with E-state index in [2.05, 4.69) is 0 Å². The molecule has 0 aromatic heterocycles. The number of carboxylic acid groups (broad SMARTS) is 1. The fourth-order valence-corrected chi connectivity index (χ4v) is 0.948. The topological polar surface area (TPSA) is 54.4 Å². The van der Waals surface area contributed by atoms with Crippen LogP contribution in [0.5, 0.6) is 0 Å². The highest BCUT2D eigenvalue weighted by atomic mass is 19.1. The van der Waals surface area contributed by atoms with Crippen LogP contribution in [-0.4, -0.2) is 16.9 Å². The van der Waals surface area contributed by atoms with Crippen molar-refractivity contribution in [3.63, 3.8) is 0 Å². The lowest BCUT2D eigenvalue weighted by atomic mass is 10.1. The van der Waals surface area contributed by atoms with Crippen LogP contribution in [0.4, 0.5) is 8.78 Å². The predicted octanol–water partition coefficient (Wildman–Crippen LogP) is 1.62. The molecule has 0 atom stereocenters. The van der Waals surface area contributed by atoms with Crippen molar-refractivity contribution in [1.82, 2.24) is 0 Å². The molecule has 0 aliphatic carbocycles. The number of benzene rings is 1. The Hall–Kier alpha value is -1.78. The minimum Gasteiger partial charge on any atom is -0.481 e. The summed E-state index contributed by atoms with van der Waals surface area (Å²) in [4.78, 5) is 21.2. The monoisotopic (exact) mass is 200 g/mol. The minimum absolute atomic E-state index is 0.409. The molecule has 0 aliphatic rings. The Balaban J connectivity index is 2.96. The Kier molecular flexibility index (Phi) is 2.91. The summed E-state index contributed by atoms with van der Waals surface area (Å²) in [7, 11) is 0. The van der Waals surface area contributed by atoms with Gasteiger partial charge in [-0.25, -0.2) is 8.78 Å². The maximum atomic E-state index is 12.9. The number of carbonyl (C=O) groups is 2. The van der Waals surface area contributed by atoms with Gasteiger partial charge in [-0.2, -0.15) is 0 Å². The van der Waals surface area contributed by atoms with E-state index in [1.807, 2.05) is 0 Å². The van der Waals surface area contributed by atoms with E-state index in [1.54, 1.807) is 0 Å². The SMILES string of the molecule is O=C(O)CC(=O)c1ccc(F)cc1F. The quantitative estimate of drug-likeness (QED) is 0.595. The number of hydrogen-bond acceptors (Lipinski definition) is 2. The molecule has 3 nitrogen and oxygen atoms in total. The second kappa shape index (κ2) is 3.95. The van der Waals surface area contributed by atoms with Gasteiger partial charge in [0.05, 0.1) is 5.56 Å². The van der Waals surface area contributed by atoms with Gasteiger partial charge in [-0.05, 0) is 12.1 Å². The Morgan fingerprint density at radius 1 is 1.29 bits per heavy atom. The first-order chi connectivity index (χ1) is 6.50. The van der Waals surface area contributed by atoms with Crippen LogP contribution in [0.15, 0.2) is 18.2 Å². The maximum Gasteiger partial charge on any atom is 0.311 e.